The fraction of sp³-hybridized carbons (Fsp3) is 0.364. The van der Waals surface area contributed by atoms with Crippen LogP contribution in [0.5, 0.6) is 0 Å². The molecule has 0 aliphatic heterocycles. The van der Waals surface area contributed by atoms with E-state index in [9.17, 15) is 0 Å². The smallest absolute Gasteiger partial charge is 0.208 e. The molecule has 0 aliphatic rings. The summed E-state index contributed by atoms with van der Waals surface area (Å²) in [5.74, 6) is 2.52. The molecule has 0 atom stereocenters. The first-order valence-electron chi connectivity index (χ1n) is 5.49. The van der Waals surface area contributed by atoms with Crippen LogP contribution in [0.15, 0.2) is 23.4 Å². The Balaban J connectivity index is 1.96. The van der Waals surface area contributed by atoms with E-state index < -0.39 is 0 Å². The van der Waals surface area contributed by atoms with Crippen molar-refractivity contribution in [3.05, 3.63) is 29.7 Å². The van der Waals surface area contributed by atoms with Crippen molar-refractivity contribution in [2.45, 2.75) is 24.8 Å². The van der Waals surface area contributed by atoms with Crippen LogP contribution in [0, 0.1) is 6.92 Å². The van der Waals surface area contributed by atoms with Crippen LogP contribution in [0.1, 0.15) is 18.4 Å². The Hall–Kier alpha value is -1.56. The maximum absolute atomic E-state index is 4.49. The van der Waals surface area contributed by atoms with Gasteiger partial charge in [0.1, 0.15) is 11.6 Å². The van der Waals surface area contributed by atoms with Gasteiger partial charge in [0.25, 0.3) is 0 Å². The van der Waals surface area contributed by atoms with Crippen LogP contribution in [-0.2, 0) is 5.75 Å². The molecule has 2 heterocycles. The highest BCUT2D eigenvalue weighted by Crippen LogP contribution is 2.18. The average molecular weight is 249 g/mol. The third kappa shape index (κ3) is 3.45. The van der Waals surface area contributed by atoms with Gasteiger partial charge in [-0.25, -0.2) is 9.97 Å². The predicted molar refractivity (Wildman–Crippen MR) is 69.1 cm³/mol. The summed E-state index contributed by atoms with van der Waals surface area (Å²) in [6, 6.07) is 5.98. The number of rotatable bonds is 5. The molecule has 0 spiro atoms. The van der Waals surface area contributed by atoms with E-state index >= 15 is 0 Å². The molecule has 90 valence electrons. The molecule has 0 radical (unpaired) electrons. The molecule has 2 rings (SSSR count). The SMILES string of the molecule is CCNc1cccc(CSc2n[nH]c(C)n2)n1. The number of thioether (sulfide) groups is 1. The average Bonchev–Trinajstić information content (AvgIpc) is 2.74. The minimum atomic E-state index is 0.762. The van der Waals surface area contributed by atoms with Gasteiger partial charge in [-0.15, -0.1) is 5.10 Å². The zero-order chi connectivity index (χ0) is 12.1. The summed E-state index contributed by atoms with van der Waals surface area (Å²) in [4.78, 5) is 8.72. The number of hydrogen-bond donors (Lipinski definition) is 2. The lowest BCUT2D eigenvalue weighted by atomic mass is 10.4. The maximum atomic E-state index is 4.49. The number of hydrogen-bond acceptors (Lipinski definition) is 5. The Morgan fingerprint density at radius 3 is 2.94 bits per heavy atom. The lowest BCUT2D eigenvalue weighted by molar-refractivity contribution is 0.967. The van der Waals surface area contributed by atoms with Gasteiger partial charge in [0.2, 0.25) is 5.16 Å². The number of aromatic nitrogens is 4. The number of pyridine rings is 1. The zero-order valence-electron chi connectivity index (χ0n) is 9.90. The van der Waals surface area contributed by atoms with E-state index in [0.717, 1.165) is 34.8 Å². The normalized spacial score (nSPS) is 10.5. The molecule has 0 fully saturated rings. The summed E-state index contributed by atoms with van der Waals surface area (Å²) in [5, 5.41) is 10.8. The van der Waals surface area contributed by atoms with Gasteiger partial charge in [-0.3, -0.25) is 5.10 Å². The van der Waals surface area contributed by atoms with Gasteiger partial charge in [-0.1, -0.05) is 17.8 Å². The van der Waals surface area contributed by atoms with E-state index in [1.54, 1.807) is 11.8 Å². The summed E-state index contributed by atoms with van der Waals surface area (Å²) < 4.78 is 0. The Morgan fingerprint density at radius 1 is 1.35 bits per heavy atom. The van der Waals surface area contributed by atoms with Crippen LogP contribution in [-0.4, -0.2) is 26.7 Å². The molecule has 2 N–H and O–H groups in total. The second kappa shape index (κ2) is 5.67. The fourth-order valence-electron chi connectivity index (χ4n) is 1.36. The van der Waals surface area contributed by atoms with E-state index in [0.29, 0.717) is 0 Å². The Bertz CT molecular complexity index is 482. The molecule has 0 amide bonds. The molecule has 2 aromatic heterocycles. The quantitative estimate of drug-likeness (QED) is 0.795. The van der Waals surface area contributed by atoms with Crippen molar-refractivity contribution >= 4 is 17.6 Å². The molecule has 0 bridgehead atoms. The van der Waals surface area contributed by atoms with Gasteiger partial charge in [0.05, 0.1) is 5.69 Å². The van der Waals surface area contributed by atoms with Crippen molar-refractivity contribution in [2.75, 3.05) is 11.9 Å². The molecule has 0 aromatic carbocycles. The van der Waals surface area contributed by atoms with E-state index in [1.165, 1.54) is 0 Å². The minimum Gasteiger partial charge on any atom is -0.370 e. The Kier molecular flexibility index (Phi) is 3.98. The van der Waals surface area contributed by atoms with Crippen LogP contribution in [0.25, 0.3) is 0 Å². The number of H-pyrrole nitrogens is 1. The van der Waals surface area contributed by atoms with Crippen molar-refractivity contribution in [3.63, 3.8) is 0 Å². The summed E-state index contributed by atoms with van der Waals surface area (Å²) >= 11 is 1.58. The monoisotopic (exact) mass is 249 g/mol. The van der Waals surface area contributed by atoms with Gasteiger partial charge in [-0.05, 0) is 26.0 Å². The van der Waals surface area contributed by atoms with Crippen LogP contribution in [0.2, 0.25) is 0 Å². The summed E-state index contributed by atoms with van der Waals surface area (Å²) in [7, 11) is 0. The molecule has 17 heavy (non-hydrogen) atoms. The maximum Gasteiger partial charge on any atom is 0.208 e. The topological polar surface area (TPSA) is 66.5 Å². The Labute approximate surface area is 104 Å². The van der Waals surface area contributed by atoms with Gasteiger partial charge >= 0.3 is 0 Å². The number of nitrogens with zero attached hydrogens (tertiary/aromatic N) is 3. The molecule has 6 heteroatoms. The van der Waals surface area contributed by atoms with E-state index in [4.69, 9.17) is 0 Å². The third-order valence-electron chi connectivity index (χ3n) is 2.09. The molecule has 0 saturated carbocycles. The van der Waals surface area contributed by atoms with E-state index in [2.05, 4.69) is 32.4 Å². The predicted octanol–water partition coefficient (Wildman–Crippen LogP) is 2.23. The van der Waals surface area contributed by atoms with E-state index in [1.807, 2.05) is 25.1 Å². The van der Waals surface area contributed by atoms with Crippen LogP contribution in [0.3, 0.4) is 0 Å². The van der Waals surface area contributed by atoms with Crippen molar-refractivity contribution in [1.29, 1.82) is 0 Å². The summed E-state index contributed by atoms with van der Waals surface area (Å²) in [6.07, 6.45) is 0. The molecule has 0 unspecified atom stereocenters. The van der Waals surface area contributed by atoms with Crippen LogP contribution < -0.4 is 5.32 Å². The highest BCUT2D eigenvalue weighted by atomic mass is 32.2. The standard InChI is InChI=1S/C11H15N5S/c1-3-12-10-6-4-5-9(14-10)7-17-11-13-8(2)15-16-11/h4-6H,3,7H2,1-2H3,(H,12,14)(H,13,15,16). The fourth-order valence-corrected chi connectivity index (χ4v) is 2.11. The van der Waals surface area contributed by atoms with Crippen molar-refractivity contribution < 1.29 is 0 Å². The number of aryl methyl sites for hydroxylation is 1. The Morgan fingerprint density at radius 2 is 2.24 bits per heavy atom. The van der Waals surface area contributed by atoms with E-state index in [-0.39, 0.29) is 0 Å². The second-order valence-electron chi connectivity index (χ2n) is 3.54. The first kappa shape index (κ1) is 11.9. The molecule has 2 aromatic rings. The highest BCUT2D eigenvalue weighted by Gasteiger charge is 2.02. The van der Waals surface area contributed by atoms with Crippen LogP contribution in [0.4, 0.5) is 5.82 Å². The van der Waals surface area contributed by atoms with Gasteiger partial charge < -0.3 is 5.32 Å². The number of anilines is 1. The second-order valence-corrected chi connectivity index (χ2v) is 4.48. The summed E-state index contributed by atoms with van der Waals surface area (Å²) in [6.45, 7) is 4.82. The van der Waals surface area contributed by atoms with Gasteiger partial charge in [-0.2, -0.15) is 0 Å². The number of nitrogens with one attached hydrogen (secondary N) is 2. The van der Waals surface area contributed by atoms with Gasteiger partial charge in [0.15, 0.2) is 0 Å². The first-order chi connectivity index (χ1) is 8.28. The largest absolute Gasteiger partial charge is 0.370 e. The summed E-state index contributed by atoms with van der Waals surface area (Å²) in [5.41, 5.74) is 1.02. The highest BCUT2D eigenvalue weighted by molar-refractivity contribution is 7.98. The lowest BCUT2D eigenvalue weighted by Gasteiger charge is -2.04. The molecule has 5 nitrogen and oxygen atoms in total. The third-order valence-corrected chi connectivity index (χ3v) is 2.97. The first-order valence-corrected chi connectivity index (χ1v) is 6.48. The molecular weight excluding hydrogens is 234 g/mol. The van der Waals surface area contributed by atoms with Crippen molar-refractivity contribution in [2.24, 2.45) is 0 Å². The van der Waals surface area contributed by atoms with Crippen LogP contribution >= 0.6 is 11.8 Å². The zero-order valence-corrected chi connectivity index (χ0v) is 10.7. The van der Waals surface area contributed by atoms with Crippen molar-refractivity contribution in [1.82, 2.24) is 20.2 Å². The number of aromatic amines is 1. The molecule has 0 aliphatic carbocycles. The lowest BCUT2D eigenvalue weighted by Crippen LogP contribution is -2.00. The molecular formula is C11H15N5S. The minimum absolute atomic E-state index is 0.762. The van der Waals surface area contributed by atoms with Gasteiger partial charge in [0, 0.05) is 12.3 Å². The van der Waals surface area contributed by atoms with Crippen molar-refractivity contribution in [3.8, 4) is 0 Å². The molecule has 0 saturated heterocycles.